The molecule has 0 bridgehead atoms. The summed E-state index contributed by atoms with van der Waals surface area (Å²) < 4.78 is 25.5. The van der Waals surface area contributed by atoms with E-state index in [-0.39, 0.29) is 35.2 Å². The highest BCUT2D eigenvalue weighted by molar-refractivity contribution is 5.92. The molecule has 1 aromatic rings. The van der Waals surface area contributed by atoms with Gasteiger partial charge in [-0.05, 0) is 51.4 Å². The summed E-state index contributed by atoms with van der Waals surface area (Å²) in [6, 6.07) is 0. The van der Waals surface area contributed by atoms with E-state index in [2.05, 4.69) is 9.97 Å². The molecule has 0 radical (unpaired) electrons. The van der Waals surface area contributed by atoms with Crippen LogP contribution in [0.25, 0.3) is 0 Å². The molecule has 0 aromatic carbocycles. The Morgan fingerprint density at radius 1 is 1.28 bits per heavy atom. The molecule has 0 N–H and O–H groups in total. The zero-order chi connectivity index (χ0) is 20.4. The van der Waals surface area contributed by atoms with Gasteiger partial charge in [0.25, 0.3) is 5.95 Å². The average molecular weight is 406 g/mol. The summed E-state index contributed by atoms with van der Waals surface area (Å²) >= 11 is 0. The Labute approximate surface area is 169 Å². The third kappa shape index (κ3) is 4.76. The van der Waals surface area contributed by atoms with E-state index in [4.69, 9.17) is 9.47 Å². The van der Waals surface area contributed by atoms with Gasteiger partial charge in [-0.1, -0.05) is 0 Å². The van der Waals surface area contributed by atoms with Crippen molar-refractivity contribution in [3.63, 3.8) is 0 Å². The van der Waals surface area contributed by atoms with E-state index in [1.165, 1.54) is 11.1 Å². The number of ether oxygens (including phenoxy) is 2. The van der Waals surface area contributed by atoms with Gasteiger partial charge in [-0.3, -0.25) is 9.69 Å². The molecule has 3 aliphatic rings. The maximum atomic E-state index is 14.3. The minimum absolute atomic E-state index is 0.0294. The predicted octanol–water partition coefficient (Wildman–Crippen LogP) is 2.91. The molecule has 1 aliphatic carbocycles. The number of amides is 2. The molecule has 0 spiro atoms. The van der Waals surface area contributed by atoms with E-state index >= 15 is 0 Å². The Kier molecular flexibility index (Phi) is 5.56. The van der Waals surface area contributed by atoms with Gasteiger partial charge >= 0.3 is 6.09 Å². The Bertz CT molecular complexity index is 778. The summed E-state index contributed by atoms with van der Waals surface area (Å²) in [5, 5.41) is 0. The van der Waals surface area contributed by atoms with Crippen molar-refractivity contribution in [2.45, 2.75) is 57.5 Å². The van der Waals surface area contributed by atoms with Crippen LogP contribution in [0, 0.1) is 11.9 Å². The fraction of sp³-hybridized carbons (Fsp3) is 0.700. The van der Waals surface area contributed by atoms with Gasteiger partial charge < -0.3 is 14.4 Å². The van der Waals surface area contributed by atoms with Crippen LogP contribution >= 0.6 is 0 Å². The van der Waals surface area contributed by atoms with Crippen LogP contribution in [-0.2, 0) is 9.53 Å². The van der Waals surface area contributed by atoms with Crippen LogP contribution in [0.15, 0.2) is 6.20 Å². The van der Waals surface area contributed by atoms with Gasteiger partial charge in [-0.2, -0.15) is 9.37 Å². The molecule has 1 aromatic heterocycles. The first-order valence-corrected chi connectivity index (χ1v) is 10.4. The summed E-state index contributed by atoms with van der Waals surface area (Å²) in [6.45, 7) is 4.05. The van der Waals surface area contributed by atoms with Crippen molar-refractivity contribution in [1.82, 2.24) is 14.9 Å². The molecule has 2 amide bonds. The Balaban J connectivity index is 1.25. The van der Waals surface area contributed by atoms with E-state index in [9.17, 15) is 14.0 Å². The smallest absolute Gasteiger partial charge is 0.410 e. The molecular weight excluding hydrogens is 379 g/mol. The third-order valence-corrected chi connectivity index (χ3v) is 5.90. The fourth-order valence-corrected chi connectivity index (χ4v) is 3.66. The second-order valence-corrected chi connectivity index (χ2v) is 8.38. The number of anilines is 1. The molecule has 158 valence electrons. The van der Waals surface area contributed by atoms with Crippen LogP contribution in [0.1, 0.15) is 51.9 Å². The van der Waals surface area contributed by atoms with Crippen LogP contribution in [0.2, 0.25) is 0 Å². The predicted molar refractivity (Wildman–Crippen MR) is 102 cm³/mol. The van der Waals surface area contributed by atoms with Gasteiger partial charge in [0.05, 0.1) is 12.8 Å². The Morgan fingerprint density at radius 2 is 2.03 bits per heavy atom. The van der Waals surface area contributed by atoms with Crippen molar-refractivity contribution < 1.29 is 23.5 Å². The van der Waals surface area contributed by atoms with E-state index < -0.39 is 5.95 Å². The van der Waals surface area contributed by atoms with E-state index in [0.29, 0.717) is 32.7 Å². The first-order valence-electron chi connectivity index (χ1n) is 10.4. The Hall–Kier alpha value is -2.45. The van der Waals surface area contributed by atoms with Gasteiger partial charge in [-0.15, -0.1) is 0 Å². The first-order chi connectivity index (χ1) is 13.9. The first kappa shape index (κ1) is 19.8. The summed E-state index contributed by atoms with van der Waals surface area (Å²) in [6.07, 6.45) is 6.65. The summed E-state index contributed by atoms with van der Waals surface area (Å²) in [5.74, 6) is -0.579. The number of rotatable bonds is 5. The van der Waals surface area contributed by atoms with Crippen LogP contribution < -0.4 is 9.64 Å². The fourth-order valence-electron chi connectivity index (χ4n) is 3.66. The van der Waals surface area contributed by atoms with Crippen molar-refractivity contribution in [3.8, 4) is 5.88 Å². The molecule has 1 saturated carbocycles. The molecule has 3 heterocycles. The maximum Gasteiger partial charge on any atom is 0.410 e. The highest BCUT2D eigenvalue weighted by Gasteiger charge is 2.43. The van der Waals surface area contributed by atoms with Gasteiger partial charge in [0, 0.05) is 26.1 Å². The average Bonchev–Trinajstić information content (AvgIpc) is 3.44. The lowest BCUT2D eigenvalue weighted by molar-refractivity contribution is -0.119. The van der Waals surface area contributed by atoms with Crippen LogP contribution in [0.4, 0.5) is 15.0 Å². The monoisotopic (exact) mass is 406 g/mol. The van der Waals surface area contributed by atoms with Crippen molar-refractivity contribution in [3.05, 3.63) is 12.1 Å². The zero-order valence-corrected chi connectivity index (χ0v) is 16.7. The van der Waals surface area contributed by atoms with Gasteiger partial charge in [0.2, 0.25) is 11.8 Å². The summed E-state index contributed by atoms with van der Waals surface area (Å²) in [7, 11) is 0. The largest absolute Gasteiger partial charge is 0.476 e. The van der Waals surface area contributed by atoms with Crippen LogP contribution in [-0.4, -0.2) is 58.7 Å². The van der Waals surface area contributed by atoms with Crippen molar-refractivity contribution in [2.75, 3.05) is 31.1 Å². The molecule has 8 nitrogen and oxygen atoms in total. The minimum Gasteiger partial charge on any atom is -0.476 e. The lowest BCUT2D eigenvalue weighted by Gasteiger charge is -2.32. The standard InChI is InChI=1S/C20H27FN4O4/c1-20(7-8-20)29-19(27)24-10-5-14(6-11-24)13-28-15-12-22-18(17(21)23-15)25-9-3-2-4-16(25)26/h12,14H,2-11,13H2,1H3. The molecule has 29 heavy (non-hydrogen) atoms. The molecule has 2 aliphatic heterocycles. The van der Waals surface area contributed by atoms with Crippen molar-refractivity contribution in [2.24, 2.45) is 5.92 Å². The number of nitrogens with zero attached hydrogens (tertiary/aromatic N) is 4. The maximum absolute atomic E-state index is 14.3. The van der Waals surface area contributed by atoms with Gasteiger partial charge in [-0.25, -0.2) is 9.78 Å². The number of halogens is 1. The van der Waals surface area contributed by atoms with Crippen LogP contribution in [0.3, 0.4) is 0 Å². The molecule has 2 saturated heterocycles. The lowest BCUT2D eigenvalue weighted by Crippen LogP contribution is -2.41. The second kappa shape index (κ2) is 8.12. The second-order valence-electron chi connectivity index (χ2n) is 8.38. The molecular formula is C20H27FN4O4. The molecule has 3 fully saturated rings. The number of carbonyl (C=O) groups excluding carboxylic acids is 2. The topological polar surface area (TPSA) is 84.9 Å². The highest BCUT2D eigenvalue weighted by Crippen LogP contribution is 2.39. The minimum atomic E-state index is -0.788. The molecule has 4 rings (SSSR count). The number of carbonyl (C=O) groups is 2. The van der Waals surface area contributed by atoms with Crippen molar-refractivity contribution in [1.29, 1.82) is 0 Å². The SMILES string of the molecule is CC1(OC(=O)N2CCC(COc3cnc(N4CCCCC4=O)c(F)n3)CC2)CC1. The number of likely N-dealkylation sites (tertiary alicyclic amines) is 1. The summed E-state index contributed by atoms with van der Waals surface area (Å²) in [4.78, 5) is 35.1. The number of hydrogen-bond acceptors (Lipinski definition) is 6. The van der Waals surface area contributed by atoms with Crippen LogP contribution in [0.5, 0.6) is 5.88 Å². The lowest BCUT2D eigenvalue weighted by atomic mass is 9.98. The number of piperidine rings is 2. The Morgan fingerprint density at radius 3 is 2.69 bits per heavy atom. The van der Waals surface area contributed by atoms with Gasteiger partial charge in [0.1, 0.15) is 5.60 Å². The highest BCUT2D eigenvalue weighted by atomic mass is 19.1. The zero-order valence-electron chi connectivity index (χ0n) is 16.7. The third-order valence-electron chi connectivity index (χ3n) is 5.90. The van der Waals surface area contributed by atoms with Crippen molar-refractivity contribution >= 4 is 17.8 Å². The molecule has 9 heteroatoms. The summed E-state index contributed by atoms with van der Waals surface area (Å²) in [5.41, 5.74) is -0.259. The molecule has 0 atom stereocenters. The number of hydrogen-bond donors (Lipinski definition) is 0. The van der Waals surface area contributed by atoms with E-state index in [0.717, 1.165) is 38.5 Å². The molecule has 0 unspecified atom stereocenters. The quantitative estimate of drug-likeness (QED) is 0.748. The van der Waals surface area contributed by atoms with E-state index in [1.807, 2.05) is 6.92 Å². The number of aromatic nitrogens is 2. The normalized spacial score (nSPS) is 21.8. The van der Waals surface area contributed by atoms with Gasteiger partial charge in [0.15, 0.2) is 5.82 Å². The van der Waals surface area contributed by atoms with E-state index in [1.54, 1.807) is 4.90 Å².